The molecule has 1 saturated carbocycles. The van der Waals surface area contributed by atoms with E-state index in [0.717, 1.165) is 5.92 Å². The molecule has 1 aliphatic carbocycles. The molecule has 1 unspecified atom stereocenters. The van der Waals surface area contributed by atoms with Gasteiger partial charge in [0.05, 0.1) is 7.85 Å². The minimum absolute atomic E-state index is 0.489. The highest BCUT2D eigenvalue weighted by Gasteiger charge is 2.06. The molecule has 0 bridgehead atoms. The lowest BCUT2D eigenvalue weighted by molar-refractivity contribution is 0.439. The fourth-order valence-corrected chi connectivity index (χ4v) is 2.62. The molecule has 15 heavy (non-hydrogen) atoms. The third-order valence-corrected chi connectivity index (χ3v) is 3.79. The number of hydrogen-bond acceptors (Lipinski definition) is 0. The molecule has 0 spiro atoms. The van der Waals surface area contributed by atoms with Gasteiger partial charge in [0.15, 0.2) is 0 Å². The molecular weight excluding hydrogens is 179 g/mol. The zero-order chi connectivity index (χ0) is 10.9. The van der Waals surface area contributed by atoms with Crippen LogP contribution in [0.2, 0.25) is 5.82 Å². The minimum Gasteiger partial charge on any atom is -0.0774 e. The van der Waals surface area contributed by atoms with Crippen molar-refractivity contribution < 1.29 is 0 Å². The van der Waals surface area contributed by atoms with E-state index in [1.807, 2.05) is 0 Å². The van der Waals surface area contributed by atoms with Gasteiger partial charge in [-0.25, -0.2) is 0 Å². The van der Waals surface area contributed by atoms with Crippen molar-refractivity contribution in [3.63, 3.8) is 0 Å². The van der Waals surface area contributed by atoms with Crippen molar-refractivity contribution in [2.75, 3.05) is 0 Å². The monoisotopic (exact) mass is 206 g/mol. The van der Waals surface area contributed by atoms with E-state index in [1.165, 1.54) is 70.6 Å². The summed E-state index contributed by atoms with van der Waals surface area (Å²) in [5.74, 6) is 1.45. The summed E-state index contributed by atoms with van der Waals surface area (Å²) in [5.41, 5.74) is 0. The summed E-state index contributed by atoms with van der Waals surface area (Å²) in [5, 5.41) is 0. The third kappa shape index (κ3) is 7.03. The highest BCUT2D eigenvalue weighted by molar-refractivity contribution is 6.11. The number of rotatable bonds is 0. The molecule has 0 aromatic rings. The van der Waals surface area contributed by atoms with Gasteiger partial charge in [-0.05, 0) is 5.92 Å². The van der Waals surface area contributed by atoms with Crippen molar-refractivity contribution in [2.24, 2.45) is 5.92 Å². The average Bonchev–Trinajstić information content (AvgIpc) is 2.23. The molecular formula is C14H27B. The summed E-state index contributed by atoms with van der Waals surface area (Å²) >= 11 is 0. The smallest absolute Gasteiger partial charge is 0.0699 e. The van der Waals surface area contributed by atoms with E-state index in [-0.39, 0.29) is 0 Å². The first kappa shape index (κ1) is 13.1. The van der Waals surface area contributed by atoms with E-state index < -0.39 is 0 Å². The third-order valence-electron chi connectivity index (χ3n) is 3.79. The zero-order valence-electron chi connectivity index (χ0n) is 10.5. The Bertz CT molecular complexity index is 128. The van der Waals surface area contributed by atoms with Crippen LogP contribution in [0.25, 0.3) is 0 Å². The molecule has 0 N–H and O–H groups in total. The van der Waals surface area contributed by atoms with Crippen LogP contribution in [0.1, 0.15) is 77.6 Å². The Morgan fingerprint density at radius 3 is 1.60 bits per heavy atom. The van der Waals surface area contributed by atoms with Gasteiger partial charge in [0.25, 0.3) is 0 Å². The molecule has 1 fully saturated rings. The van der Waals surface area contributed by atoms with Crippen LogP contribution in [0.4, 0.5) is 0 Å². The van der Waals surface area contributed by atoms with Crippen LogP contribution in [0.3, 0.4) is 0 Å². The summed E-state index contributed by atoms with van der Waals surface area (Å²) < 4.78 is 0. The lowest BCUT2D eigenvalue weighted by atomic mass is 9.79. The maximum absolute atomic E-state index is 6.08. The molecule has 1 aliphatic rings. The predicted molar refractivity (Wildman–Crippen MR) is 69.5 cm³/mol. The van der Waals surface area contributed by atoms with Crippen molar-refractivity contribution in [3.05, 3.63) is 0 Å². The molecule has 86 valence electrons. The van der Waals surface area contributed by atoms with Gasteiger partial charge >= 0.3 is 0 Å². The van der Waals surface area contributed by atoms with Crippen molar-refractivity contribution in [3.8, 4) is 0 Å². The zero-order valence-corrected chi connectivity index (χ0v) is 10.5. The van der Waals surface area contributed by atoms with Crippen LogP contribution >= 0.6 is 0 Å². The van der Waals surface area contributed by atoms with Crippen molar-refractivity contribution in [1.29, 1.82) is 0 Å². The highest BCUT2D eigenvalue weighted by atomic mass is 14.1. The molecule has 0 aromatic heterocycles. The molecule has 2 atom stereocenters. The summed E-state index contributed by atoms with van der Waals surface area (Å²) in [6, 6.07) is 0. The molecule has 0 aliphatic heterocycles. The first-order chi connectivity index (χ1) is 7.29. The Kier molecular flexibility index (Phi) is 7.22. The van der Waals surface area contributed by atoms with Crippen LogP contribution < -0.4 is 0 Å². The molecule has 0 heterocycles. The predicted octanol–water partition coefficient (Wildman–Crippen LogP) is 4.88. The molecule has 1 heteroatoms. The van der Waals surface area contributed by atoms with Gasteiger partial charge in [-0.1, -0.05) is 83.4 Å². The Labute approximate surface area is 97.6 Å². The first-order valence-electron chi connectivity index (χ1n) is 7.04. The van der Waals surface area contributed by atoms with Crippen molar-refractivity contribution in [2.45, 2.75) is 83.4 Å². The lowest BCUT2D eigenvalue weighted by Crippen LogP contribution is -1.95. The van der Waals surface area contributed by atoms with Gasteiger partial charge < -0.3 is 0 Å². The number of hydrogen-bond donors (Lipinski definition) is 0. The molecule has 0 amide bonds. The lowest BCUT2D eigenvalue weighted by Gasteiger charge is -2.10. The fourth-order valence-electron chi connectivity index (χ4n) is 2.62. The summed E-state index contributed by atoms with van der Waals surface area (Å²) in [6.07, 6.45) is 15.2. The quantitative estimate of drug-likeness (QED) is 0.495. The second kappa shape index (κ2) is 8.24. The Balaban J connectivity index is 2.20. The topological polar surface area (TPSA) is 0 Å². The largest absolute Gasteiger partial charge is 0.0774 e. The normalized spacial score (nSPS) is 32.3. The van der Waals surface area contributed by atoms with E-state index in [0.29, 0.717) is 5.82 Å². The maximum atomic E-state index is 6.08. The molecule has 0 aromatic carbocycles. The maximum Gasteiger partial charge on any atom is 0.0699 e. The fraction of sp³-hybridized carbons (Fsp3) is 1.00. The van der Waals surface area contributed by atoms with Gasteiger partial charge in [0.1, 0.15) is 0 Å². The van der Waals surface area contributed by atoms with Gasteiger partial charge in [-0.2, -0.15) is 0 Å². The summed E-state index contributed by atoms with van der Waals surface area (Å²) in [6.45, 7) is 2.42. The van der Waals surface area contributed by atoms with Crippen molar-refractivity contribution >= 4 is 7.85 Å². The Morgan fingerprint density at radius 1 is 0.667 bits per heavy atom. The second-order valence-electron chi connectivity index (χ2n) is 5.49. The van der Waals surface area contributed by atoms with E-state index in [2.05, 4.69) is 6.92 Å². The molecule has 2 radical (unpaired) electrons. The standard InChI is InChI=1S/C14H27B/c1-13-9-5-2-3-7-11-14(15)12-8-4-6-10-13/h13-14H,2-12H2,1H3/t13?,14-/m1/s1. The second-order valence-corrected chi connectivity index (χ2v) is 5.49. The van der Waals surface area contributed by atoms with E-state index in [9.17, 15) is 0 Å². The van der Waals surface area contributed by atoms with E-state index in [4.69, 9.17) is 7.85 Å². The van der Waals surface area contributed by atoms with Gasteiger partial charge in [0.2, 0.25) is 0 Å². The van der Waals surface area contributed by atoms with Crippen LogP contribution in [0.5, 0.6) is 0 Å². The molecule has 0 saturated heterocycles. The van der Waals surface area contributed by atoms with Crippen LogP contribution in [0, 0.1) is 5.92 Å². The van der Waals surface area contributed by atoms with E-state index >= 15 is 0 Å². The molecule has 0 nitrogen and oxygen atoms in total. The average molecular weight is 206 g/mol. The first-order valence-corrected chi connectivity index (χ1v) is 7.04. The Morgan fingerprint density at radius 2 is 1.07 bits per heavy atom. The highest BCUT2D eigenvalue weighted by Crippen LogP contribution is 2.23. The van der Waals surface area contributed by atoms with Crippen LogP contribution in [-0.4, -0.2) is 7.85 Å². The SMILES string of the molecule is [B][C@@H]1CCCCCCC(C)CCCCC1. The van der Waals surface area contributed by atoms with Crippen LogP contribution in [0.15, 0.2) is 0 Å². The van der Waals surface area contributed by atoms with Gasteiger partial charge in [-0.3, -0.25) is 0 Å². The van der Waals surface area contributed by atoms with E-state index in [1.54, 1.807) is 0 Å². The van der Waals surface area contributed by atoms with Crippen LogP contribution in [-0.2, 0) is 0 Å². The summed E-state index contributed by atoms with van der Waals surface area (Å²) in [4.78, 5) is 0. The van der Waals surface area contributed by atoms with Gasteiger partial charge in [0, 0.05) is 0 Å². The Hall–Kier alpha value is 0.0649. The van der Waals surface area contributed by atoms with Gasteiger partial charge in [-0.15, -0.1) is 0 Å². The molecule has 1 rings (SSSR count). The minimum atomic E-state index is 0.489. The van der Waals surface area contributed by atoms with Crippen molar-refractivity contribution in [1.82, 2.24) is 0 Å². The summed E-state index contributed by atoms with van der Waals surface area (Å²) in [7, 11) is 6.08.